The number of anilines is 1. The zero-order valence-electron chi connectivity index (χ0n) is 7.72. The lowest BCUT2D eigenvalue weighted by molar-refractivity contribution is -0.137. The molecule has 0 aromatic carbocycles. The molecule has 1 rings (SSSR count). The van der Waals surface area contributed by atoms with Gasteiger partial charge in [-0.05, 0) is 6.07 Å². The molecular weight excluding hydrogens is 235 g/mol. The Kier molecular flexibility index (Phi) is 3.32. The van der Waals surface area contributed by atoms with Crippen LogP contribution in [-0.4, -0.2) is 10.1 Å². The van der Waals surface area contributed by atoms with Crippen LogP contribution < -0.4 is 5.73 Å². The summed E-state index contributed by atoms with van der Waals surface area (Å²) in [5.74, 6) is -1.03. The number of alkyl halides is 5. The van der Waals surface area contributed by atoms with E-state index in [1.807, 2.05) is 0 Å². The Hall–Kier alpha value is -1.44. The molecule has 0 aliphatic heterocycles. The van der Waals surface area contributed by atoms with Gasteiger partial charge in [-0.15, -0.1) is 0 Å². The molecule has 0 atom stereocenters. The predicted octanol–water partition coefficient (Wildman–Crippen LogP) is 2.11. The fourth-order valence-corrected chi connectivity index (χ4v) is 1.13. The summed E-state index contributed by atoms with van der Waals surface area (Å²) in [5.41, 5.74) is 2.07. The van der Waals surface area contributed by atoms with Gasteiger partial charge in [0.05, 0.1) is 12.2 Å². The van der Waals surface area contributed by atoms with Crippen LogP contribution >= 0.6 is 0 Å². The predicted molar refractivity (Wildman–Crippen MR) is 44.5 cm³/mol. The third-order valence-corrected chi connectivity index (χ3v) is 1.85. The van der Waals surface area contributed by atoms with Crippen molar-refractivity contribution in [3.8, 4) is 0 Å². The van der Waals surface area contributed by atoms with Crippen molar-refractivity contribution in [1.82, 2.24) is 4.98 Å². The van der Waals surface area contributed by atoms with Crippen LogP contribution in [-0.2, 0) is 12.8 Å². The van der Waals surface area contributed by atoms with Crippen molar-refractivity contribution >= 4 is 5.82 Å². The maximum absolute atomic E-state index is 12.3. The molecule has 0 bridgehead atoms. The van der Waals surface area contributed by atoms with Crippen LogP contribution in [0, 0.1) is 0 Å². The highest BCUT2D eigenvalue weighted by molar-refractivity contribution is 5.45. The lowest BCUT2D eigenvalue weighted by Gasteiger charge is -2.13. The van der Waals surface area contributed by atoms with Gasteiger partial charge in [0.1, 0.15) is 11.5 Å². The standard InChI is InChI=1S/C8H7F5N2O/c9-6(10)5-3(2-16)1-4(7(14)15-5)8(11,12)13/h1,6,16H,2H2,(H2,14,15). The number of halogens is 5. The van der Waals surface area contributed by atoms with E-state index in [-0.39, 0.29) is 0 Å². The Morgan fingerprint density at radius 2 is 1.94 bits per heavy atom. The molecule has 1 heterocycles. The van der Waals surface area contributed by atoms with E-state index in [0.29, 0.717) is 6.07 Å². The number of aliphatic hydroxyl groups excluding tert-OH is 1. The van der Waals surface area contributed by atoms with Gasteiger partial charge in [-0.1, -0.05) is 0 Å². The molecule has 0 fully saturated rings. The number of pyridine rings is 1. The van der Waals surface area contributed by atoms with Gasteiger partial charge in [-0.2, -0.15) is 13.2 Å². The molecule has 0 aliphatic rings. The van der Waals surface area contributed by atoms with Crippen molar-refractivity contribution < 1.29 is 27.1 Å². The molecule has 1 aromatic rings. The highest BCUT2D eigenvalue weighted by atomic mass is 19.4. The molecule has 0 saturated heterocycles. The summed E-state index contributed by atoms with van der Waals surface area (Å²) in [7, 11) is 0. The Bertz CT molecular complexity index is 391. The highest BCUT2D eigenvalue weighted by Gasteiger charge is 2.35. The minimum Gasteiger partial charge on any atom is -0.392 e. The van der Waals surface area contributed by atoms with Crippen molar-refractivity contribution in [3.05, 3.63) is 22.9 Å². The number of nitrogens with two attached hydrogens (primary N) is 1. The molecule has 1 aromatic heterocycles. The average Bonchev–Trinajstić information content (AvgIpc) is 2.15. The largest absolute Gasteiger partial charge is 0.419 e. The summed E-state index contributed by atoms with van der Waals surface area (Å²) in [6, 6.07) is 0.379. The highest BCUT2D eigenvalue weighted by Crippen LogP contribution is 2.35. The quantitative estimate of drug-likeness (QED) is 0.781. The summed E-state index contributed by atoms with van der Waals surface area (Å²) >= 11 is 0. The smallest absolute Gasteiger partial charge is 0.392 e. The van der Waals surface area contributed by atoms with Gasteiger partial charge in [0, 0.05) is 5.56 Å². The minimum absolute atomic E-state index is 0.379. The number of aliphatic hydroxyl groups is 1. The number of nitrogens with zero attached hydrogens (tertiary/aromatic N) is 1. The molecule has 3 N–H and O–H groups in total. The first-order valence-corrected chi connectivity index (χ1v) is 4.03. The van der Waals surface area contributed by atoms with Gasteiger partial charge >= 0.3 is 6.18 Å². The summed E-state index contributed by atoms with van der Waals surface area (Å²) in [6.45, 7) is -0.962. The molecular formula is C8H7F5N2O. The van der Waals surface area contributed by atoms with Crippen LogP contribution in [0.3, 0.4) is 0 Å². The number of hydrogen-bond acceptors (Lipinski definition) is 3. The number of aromatic nitrogens is 1. The maximum Gasteiger partial charge on any atom is 0.419 e. The second-order valence-electron chi connectivity index (χ2n) is 2.92. The lowest BCUT2D eigenvalue weighted by Crippen LogP contribution is -2.13. The van der Waals surface area contributed by atoms with E-state index >= 15 is 0 Å². The number of hydrogen-bond donors (Lipinski definition) is 2. The Morgan fingerprint density at radius 1 is 1.38 bits per heavy atom. The van der Waals surface area contributed by atoms with Gasteiger partial charge in [0.25, 0.3) is 6.43 Å². The Morgan fingerprint density at radius 3 is 2.31 bits per heavy atom. The van der Waals surface area contributed by atoms with Gasteiger partial charge in [-0.25, -0.2) is 13.8 Å². The molecule has 0 spiro atoms. The van der Waals surface area contributed by atoms with E-state index in [1.165, 1.54) is 0 Å². The topological polar surface area (TPSA) is 59.1 Å². The van der Waals surface area contributed by atoms with Crippen LogP contribution in [0.5, 0.6) is 0 Å². The molecule has 0 amide bonds. The summed E-state index contributed by atoms with van der Waals surface area (Å²) in [4.78, 5) is 2.96. The van der Waals surface area contributed by atoms with Crippen LogP contribution in [0.4, 0.5) is 27.8 Å². The van der Waals surface area contributed by atoms with Gasteiger partial charge in [0.15, 0.2) is 0 Å². The molecule has 3 nitrogen and oxygen atoms in total. The van der Waals surface area contributed by atoms with Crippen LogP contribution in [0.25, 0.3) is 0 Å². The molecule has 16 heavy (non-hydrogen) atoms. The van der Waals surface area contributed by atoms with Crippen molar-refractivity contribution in [3.63, 3.8) is 0 Å². The van der Waals surface area contributed by atoms with Crippen molar-refractivity contribution in [1.29, 1.82) is 0 Å². The SMILES string of the molecule is Nc1nc(C(F)F)c(CO)cc1C(F)(F)F. The van der Waals surface area contributed by atoms with Crippen LogP contribution in [0.15, 0.2) is 6.07 Å². The van der Waals surface area contributed by atoms with Gasteiger partial charge in [-0.3, -0.25) is 0 Å². The van der Waals surface area contributed by atoms with Crippen LogP contribution in [0.2, 0.25) is 0 Å². The first-order valence-electron chi connectivity index (χ1n) is 4.03. The number of nitrogen functional groups attached to an aromatic ring is 1. The first kappa shape index (κ1) is 12.6. The third kappa shape index (κ3) is 2.38. The monoisotopic (exact) mass is 242 g/mol. The van der Waals surface area contributed by atoms with Gasteiger partial charge in [0.2, 0.25) is 0 Å². The fourth-order valence-electron chi connectivity index (χ4n) is 1.13. The molecule has 0 unspecified atom stereocenters. The second kappa shape index (κ2) is 4.20. The number of rotatable bonds is 2. The maximum atomic E-state index is 12.3. The minimum atomic E-state index is -4.79. The molecule has 8 heteroatoms. The second-order valence-corrected chi connectivity index (χ2v) is 2.92. The Balaban J connectivity index is 3.37. The molecule has 90 valence electrons. The third-order valence-electron chi connectivity index (χ3n) is 1.85. The van der Waals surface area contributed by atoms with E-state index < -0.39 is 41.8 Å². The van der Waals surface area contributed by atoms with Crippen LogP contribution in [0.1, 0.15) is 23.2 Å². The van der Waals surface area contributed by atoms with E-state index in [0.717, 1.165) is 0 Å². The Labute approximate surface area is 86.7 Å². The molecule has 0 radical (unpaired) electrons. The van der Waals surface area contributed by atoms with Crippen molar-refractivity contribution in [2.24, 2.45) is 0 Å². The van der Waals surface area contributed by atoms with E-state index in [2.05, 4.69) is 4.98 Å². The zero-order valence-corrected chi connectivity index (χ0v) is 7.72. The first-order chi connectivity index (χ1) is 7.27. The van der Waals surface area contributed by atoms with E-state index in [9.17, 15) is 22.0 Å². The van der Waals surface area contributed by atoms with E-state index in [1.54, 1.807) is 0 Å². The van der Waals surface area contributed by atoms with Gasteiger partial charge < -0.3 is 10.8 Å². The van der Waals surface area contributed by atoms with E-state index in [4.69, 9.17) is 10.8 Å². The fraction of sp³-hybridized carbons (Fsp3) is 0.375. The average molecular weight is 242 g/mol. The van der Waals surface area contributed by atoms with Crippen molar-refractivity contribution in [2.75, 3.05) is 5.73 Å². The zero-order chi connectivity index (χ0) is 12.5. The lowest BCUT2D eigenvalue weighted by atomic mass is 10.1. The summed E-state index contributed by atoms with van der Waals surface area (Å²) in [6.07, 6.45) is -7.88. The molecule has 0 saturated carbocycles. The summed E-state index contributed by atoms with van der Waals surface area (Å²) in [5, 5.41) is 8.67. The summed E-state index contributed by atoms with van der Waals surface area (Å²) < 4.78 is 61.6. The van der Waals surface area contributed by atoms with Crippen molar-refractivity contribution in [2.45, 2.75) is 19.2 Å². The normalized spacial score (nSPS) is 12.2. The molecule has 0 aliphatic carbocycles.